The van der Waals surface area contributed by atoms with E-state index in [2.05, 4.69) is 15.3 Å². The second kappa shape index (κ2) is 7.06. The first-order valence-corrected chi connectivity index (χ1v) is 8.85. The van der Waals surface area contributed by atoms with E-state index in [9.17, 15) is 14.9 Å². The summed E-state index contributed by atoms with van der Waals surface area (Å²) in [6.45, 7) is 1.23. The van der Waals surface area contributed by atoms with Crippen LogP contribution in [0.5, 0.6) is 0 Å². The van der Waals surface area contributed by atoms with Crippen molar-refractivity contribution in [3.8, 4) is 0 Å². The van der Waals surface area contributed by atoms with E-state index in [-0.39, 0.29) is 11.7 Å². The Morgan fingerprint density at radius 3 is 2.70 bits per heavy atom. The van der Waals surface area contributed by atoms with Crippen LogP contribution in [-0.4, -0.2) is 38.9 Å². The Labute approximate surface area is 155 Å². The number of para-hydroxylation sites is 2. The fourth-order valence-corrected chi connectivity index (χ4v) is 3.42. The van der Waals surface area contributed by atoms with Crippen molar-refractivity contribution in [1.82, 2.24) is 14.9 Å². The summed E-state index contributed by atoms with van der Waals surface area (Å²) in [5, 5.41) is 13.6. The fraction of sp³-hybridized carbons (Fsp3) is 0.263. The lowest BCUT2D eigenvalue weighted by atomic mass is 9.96. The first-order chi connectivity index (χ1) is 13.1. The summed E-state index contributed by atoms with van der Waals surface area (Å²) in [5.74, 6) is 1.26. The van der Waals surface area contributed by atoms with Gasteiger partial charge in [-0.25, -0.2) is 9.78 Å². The molecule has 2 amide bonds. The molecule has 8 nitrogen and oxygen atoms in total. The maximum Gasteiger partial charge on any atom is 0.321 e. The molecule has 1 aliphatic rings. The Morgan fingerprint density at radius 1 is 1.19 bits per heavy atom. The third-order valence-corrected chi connectivity index (χ3v) is 4.88. The van der Waals surface area contributed by atoms with E-state index in [4.69, 9.17) is 0 Å². The molecule has 1 saturated heterocycles. The molecule has 4 rings (SSSR count). The number of H-pyrrole nitrogens is 1. The molecule has 2 N–H and O–H groups in total. The summed E-state index contributed by atoms with van der Waals surface area (Å²) in [6.07, 6.45) is 1.64. The van der Waals surface area contributed by atoms with Crippen LogP contribution in [0.1, 0.15) is 24.6 Å². The summed E-state index contributed by atoms with van der Waals surface area (Å²) in [6, 6.07) is 13.7. The van der Waals surface area contributed by atoms with Gasteiger partial charge in [0, 0.05) is 36.8 Å². The number of fused-ring (bicyclic) bond motifs is 1. The van der Waals surface area contributed by atoms with Crippen molar-refractivity contribution < 1.29 is 9.72 Å². The molecule has 0 atom stereocenters. The number of nitro benzene ring substituents is 1. The number of aromatic amines is 1. The number of urea groups is 1. The van der Waals surface area contributed by atoms with Crippen molar-refractivity contribution in [2.24, 2.45) is 0 Å². The molecule has 0 spiro atoms. The number of rotatable bonds is 3. The number of nitrogens with one attached hydrogen (secondary N) is 2. The molecular formula is C19H19N5O3. The number of benzene rings is 2. The first kappa shape index (κ1) is 17.0. The number of anilines is 1. The van der Waals surface area contributed by atoms with Crippen LogP contribution in [0.15, 0.2) is 48.5 Å². The van der Waals surface area contributed by atoms with Crippen LogP contribution in [-0.2, 0) is 0 Å². The van der Waals surface area contributed by atoms with Gasteiger partial charge in [-0.05, 0) is 31.0 Å². The Morgan fingerprint density at radius 2 is 1.96 bits per heavy atom. The number of imidazole rings is 1. The van der Waals surface area contributed by atoms with Crippen LogP contribution in [0, 0.1) is 10.1 Å². The Kier molecular flexibility index (Phi) is 4.45. The predicted octanol–water partition coefficient (Wildman–Crippen LogP) is 3.88. The SMILES string of the molecule is O=C(Nc1cccc([N+](=O)[O-])c1)N1CCC(c2nc3ccccc3[nH]2)CC1. The second-order valence-corrected chi connectivity index (χ2v) is 6.64. The van der Waals surface area contributed by atoms with Gasteiger partial charge < -0.3 is 15.2 Å². The third-order valence-electron chi connectivity index (χ3n) is 4.88. The Bertz CT molecular complexity index is 959. The second-order valence-electron chi connectivity index (χ2n) is 6.64. The quantitative estimate of drug-likeness (QED) is 0.543. The molecule has 0 saturated carbocycles. The van der Waals surface area contributed by atoms with Gasteiger partial charge in [0.15, 0.2) is 0 Å². The maximum atomic E-state index is 12.5. The normalized spacial score (nSPS) is 15.0. The molecule has 0 radical (unpaired) electrons. The van der Waals surface area contributed by atoms with E-state index in [0.717, 1.165) is 29.7 Å². The van der Waals surface area contributed by atoms with Crippen LogP contribution in [0.3, 0.4) is 0 Å². The highest BCUT2D eigenvalue weighted by Crippen LogP contribution is 2.28. The maximum absolute atomic E-state index is 12.5. The average Bonchev–Trinajstić information content (AvgIpc) is 3.12. The van der Waals surface area contributed by atoms with Gasteiger partial charge in [0.2, 0.25) is 0 Å². The molecule has 0 aliphatic carbocycles. The zero-order valence-corrected chi connectivity index (χ0v) is 14.6. The predicted molar refractivity (Wildman–Crippen MR) is 102 cm³/mol. The Hall–Kier alpha value is -3.42. The van der Waals surface area contributed by atoms with Crippen LogP contribution in [0.25, 0.3) is 11.0 Å². The number of nitro groups is 1. The fourth-order valence-electron chi connectivity index (χ4n) is 3.42. The lowest BCUT2D eigenvalue weighted by molar-refractivity contribution is -0.384. The van der Waals surface area contributed by atoms with Gasteiger partial charge in [0.25, 0.3) is 5.69 Å². The van der Waals surface area contributed by atoms with Crippen molar-refractivity contribution in [1.29, 1.82) is 0 Å². The van der Waals surface area contributed by atoms with Crippen molar-refractivity contribution in [2.75, 3.05) is 18.4 Å². The van der Waals surface area contributed by atoms with Gasteiger partial charge in [0.05, 0.1) is 16.0 Å². The van der Waals surface area contributed by atoms with Crippen molar-refractivity contribution in [3.05, 3.63) is 64.5 Å². The molecule has 2 aromatic carbocycles. The highest BCUT2D eigenvalue weighted by Gasteiger charge is 2.26. The number of likely N-dealkylation sites (tertiary alicyclic amines) is 1. The smallest absolute Gasteiger partial charge is 0.321 e. The van der Waals surface area contributed by atoms with Gasteiger partial charge in [-0.3, -0.25) is 10.1 Å². The molecule has 0 unspecified atom stereocenters. The number of piperidine rings is 1. The molecule has 0 bridgehead atoms. The molecule has 1 aromatic heterocycles. The van der Waals surface area contributed by atoms with E-state index >= 15 is 0 Å². The van der Waals surface area contributed by atoms with Crippen LogP contribution in [0.4, 0.5) is 16.2 Å². The van der Waals surface area contributed by atoms with Crippen LogP contribution >= 0.6 is 0 Å². The highest BCUT2D eigenvalue weighted by molar-refractivity contribution is 5.89. The van der Waals surface area contributed by atoms with E-state index in [1.54, 1.807) is 17.0 Å². The minimum Gasteiger partial charge on any atom is -0.342 e. The minimum atomic E-state index is -0.478. The van der Waals surface area contributed by atoms with Crippen LogP contribution < -0.4 is 5.32 Å². The lowest BCUT2D eigenvalue weighted by Crippen LogP contribution is -2.40. The van der Waals surface area contributed by atoms with Gasteiger partial charge in [-0.15, -0.1) is 0 Å². The molecule has 1 aliphatic heterocycles. The number of amides is 2. The highest BCUT2D eigenvalue weighted by atomic mass is 16.6. The van der Waals surface area contributed by atoms with E-state index in [1.165, 1.54) is 12.1 Å². The molecule has 2 heterocycles. The number of carbonyl (C=O) groups is 1. The average molecular weight is 365 g/mol. The van der Waals surface area contributed by atoms with Crippen molar-refractivity contribution >= 4 is 28.4 Å². The molecule has 27 heavy (non-hydrogen) atoms. The largest absolute Gasteiger partial charge is 0.342 e. The monoisotopic (exact) mass is 365 g/mol. The van der Waals surface area contributed by atoms with Gasteiger partial charge in [-0.1, -0.05) is 18.2 Å². The molecule has 138 valence electrons. The zero-order chi connectivity index (χ0) is 18.8. The Balaban J connectivity index is 1.38. The molecule has 8 heteroatoms. The molecule has 3 aromatic rings. The zero-order valence-electron chi connectivity index (χ0n) is 14.6. The van der Waals surface area contributed by atoms with E-state index in [1.807, 2.05) is 24.3 Å². The number of hydrogen-bond donors (Lipinski definition) is 2. The molecular weight excluding hydrogens is 346 g/mol. The summed E-state index contributed by atoms with van der Waals surface area (Å²) >= 11 is 0. The first-order valence-electron chi connectivity index (χ1n) is 8.85. The van der Waals surface area contributed by atoms with Crippen LogP contribution in [0.2, 0.25) is 0 Å². The van der Waals surface area contributed by atoms with Crippen molar-refractivity contribution in [3.63, 3.8) is 0 Å². The van der Waals surface area contributed by atoms with E-state index in [0.29, 0.717) is 24.7 Å². The molecule has 1 fully saturated rings. The van der Waals surface area contributed by atoms with Gasteiger partial charge >= 0.3 is 6.03 Å². The number of non-ortho nitro benzene ring substituents is 1. The van der Waals surface area contributed by atoms with E-state index < -0.39 is 4.92 Å². The topological polar surface area (TPSA) is 104 Å². The standard InChI is InChI=1S/C19H19N5O3/c25-19(20-14-4-3-5-15(12-14)24(26)27)23-10-8-13(9-11-23)18-21-16-6-1-2-7-17(16)22-18/h1-7,12-13H,8-11H2,(H,20,25)(H,21,22). The summed E-state index contributed by atoms with van der Waals surface area (Å²) in [7, 11) is 0. The van der Waals surface area contributed by atoms with Crippen molar-refractivity contribution in [2.45, 2.75) is 18.8 Å². The third kappa shape index (κ3) is 3.59. The lowest BCUT2D eigenvalue weighted by Gasteiger charge is -2.31. The van der Waals surface area contributed by atoms with Gasteiger partial charge in [0.1, 0.15) is 5.82 Å². The minimum absolute atomic E-state index is 0.0450. The number of hydrogen-bond acceptors (Lipinski definition) is 4. The number of carbonyl (C=O) groups excluding carboxylic acids is 1. The summed E-state index contributed by atoms with van der Waals surface area (Å²) in [4.78, 5) is 32.6. The summed E-state index contributed by atoms with van der Waals surface area (Å²) < 4.78 is 0. The van der Waals surface area contributed by atoms with Gasteiger partial charge in [-0.2, -0.15) is 0 Å². The summed E-state index contributed by atoms with van der Waals surface area (Å²) in [5.41, 5.74) is 2.36. The number of aromatic nitrogens is 2. The number of nitrogens with zero attached hydrogens (tertiary/aromatic N) is 3.